The first-order valence-electron chi connectivity index (χ1n) is 8.12. The Kier molecular flexibility index (Phi) is 2.81. The first-order chi connectivity index (χ1) is 10.3. The summed E-state index contributed by atoms with van der Waals surface area (Å²) in [6.07, 6.45) is 4.49. The summed E-state index contributed by atoms with van der Waals surface area (Å²) >= 11 is 3.60. The molecule has 3 nitrogen and oxygen atoms in total. The number of hydrogen-bond donors (Lipinski definition) is 1. The molecular formula is C17H20BrNO2. The predicted molar refractivity (Wildman–Crippen MR) is 83.6 cm³/mol. The fourth-order valence-corrected chi connectivity index (χ4v) is 5.70. The quantitative estimate of drug-likeness (QED) is 0.907. The van der Waals surface area contributed by atoms with Crippen LogP contribution in [0.2, 0.25) is 0 Å². The van der Waals surface area contributed by atoms with E-state index in [0.717, 1.165) is 52.2 Å². The zero-order chi connectivity index (χ0) is 14.0. The van der Waals surface area contributed by atoms with Crippen molar-refractivity contribution in [3.05, 3.63) is 22.2 Å². The van der Waals surface area contributed by atoms with Crippen molar-refractivity contribution in [2.45, 2.75) is 31.8 Å². The maximum absolute atomic E-state index is 5.70. The first-order valence-corrected chi connectivity index (χ1v) is 8.92. The van der Waals surface area contributed by atoms with E-state index < -0.39 is 0 Å². The SMILES string of the molecule is Brc1cc(CNC2C3C4CCC(C4)C23)cc2c1OCCO2. The summed E-state index contributed by atoms with van der Waals surface area (Å²) in [7, 11) is 0. The van der Waals surface area contributed by atoms with Crippen molar-refractivity contribution in [1.29, 1.82) is 0 Å². The van der Waals surface area contributed by atoms with Gasteiger partial charge in [0, 0.05) is 12.6 Å². The van der Waals surface area contributed by atoms with Gasteiger partial charge in [-0.05, 0) is 76.6 Å². The molecule has 0 amide bonds. The summed E-state index contributed by atoms with van der Waals surface area (Å²) in [4.78, 5) is 0. The van der Waals surface area contributed by atoms with Gasteiger partial charge in [0.2, 0.25) is 0 Å². The second kappa shape index (κ2) is 4.63. The van der Waals surface area contributed by atoms with Crippen molar-refractivity contribution in [1.82, 2.24) is 5.32 Å². The largest absolute Gasteiger partial charge is 0.486 e. The van der Waals surface area contributed by atoms with Gasteiger partial charge in [-0.2, -0.15) is 0 Å². The maximum atomic E-state index is 5.70. The van der Waals surface area contributed by atoms with Gasteiger partial charge in [-0.15, -0.1) is 0 Å². The summed E-state index contributed by atoms with van der Waals surface area (Å²) in [5.41, 5.74) is 1.28. The Balaban J connectivity index is 1.28. The van der Waals surface area contributed by atoms with E-state index in [1.807, 2.05) is 0 Å². The Morgan fingerprint density at radius 2 is 1.86 bits per heavy atom. The highest BCUT2D eigenvalue weighted by molar-refractivity contribution is 9.10. The molecule has 1 aliphatic heterocycles. The molecule has 3 saturated carbocycles. The molecule has 0 radical (unpaired) electrons. The molecule has 5 rings (SSSR count). The summed E-state index contributed by atoms with van der Waals surface area (Å²) in [5.74, 6) is 5.78. The Morgan fingerprint density at radius 1 is 1.10 bits per heavy atom. The van der Waals surface area contributed by atoms with Crippen LogP contribution in [0, 0.1) is 23.7 Å². The second-order valence-corrected chi connectivity index (χ2v) is 7.85. The molecule has 4 unspecified atom stereocenters. The lowest BCUT2D eigenvalue weighted by Gasteiger charge is -2.20. The fourth-order valence-electron chi connectivity index (χ4n) is 5.10. The number of nitrogens with one attached hydrogen (secondary N) is 1. The molecule has 3 fully saturated rings. The Morgan fingerprint density at radius 3 is 2.67 bits per heavy atom. The van der Waals surface area contributed by atoms with Crippen LogP contribution >= 0.6 is 15.9 Å². The van der Waals surface area contributed by atoms with Gasteiger partial charge in [0.05, 0.1) is 4.47 Å². The normalized spacial score (nSPS) is 38.4. The van der Waals surface area contributed by atoms with Crippen LogP contribution in [0.5, 0.6) is 11.5 Å². The number of hydrogen-bond acceptors (Lipinski definition) is 3. The molecule has 4 heteroatoms. The minimum atomic E-state index is 0.636. The number of halogens is 1. The molecule has 1 aromatic rings. The van der Waals surface area contributed by atoms with E-state index >= 15 is 0 Å². The molecular weight excluding hydrogens is 330 g/mol. The Bertz CT molecular complexity index is 574. The second-order valence-electron chi connectivity index (χ2n) is 7.00. The van der Waals surface area contributed by atoms with Crippen molar-refractivity contribution in [2.75, 3.05) is 13.2 Å². The Hall–Kier alpha value is -0.740. The van der Waals surface area contributed by atoms with Crippen LogP contribution in [-0.2, 0) is 6.54 Å². The van der Waals surface area contributed by atoms with Gasteiger partial charge >= 0.3 is 0 Å². The molecule has 112 valence electrons. The summed E-state index contributed by atoms with van der Waals surface area (Å²) in [5, 5.41) is 3.79. The van der Waals surface area contributed by atoms with Crippen LogP contribution in [0.4, 0.5) is 0 Å². The minimum Gasteiger partial charge on any atom is -0.486 e. The van der Waals surface area contributed by atoms with E-state index in [-0.39, 0.29) is 0 Å². The van der Waals surface area contributed by atoms with Crippen LogP contribution < -0.4 is 14.8 Å². The molecule has 0 saturated heterocycles. The van der Waals surface area contributed by atoms with E-state index in [1.165, 1.54) is 24.8 Å². The summed E-state index contributed by atoms with van der Waals surface area (Å²) < 4.78 is 12.4. The van der Waals surface area contributed by atoms with Gasteiger partial charge in [0.1, 0.15) is 13.2 Å². The molecule has 0 spiro atoms. The number of rotatable bonds is 3. The zero-order valence-corrected chi connectivity index (χ0v) is 13.6. The lowest BCUT2D eigenvalue weighted by molar-refractivity contribution is 0.170. The summed E-state index contributed by atoms with van der Waals surface area (Å²) in [6, 6.07) is 5.06. The molecule has 4 atom stereocenters. The number of fused-ring (bicyclic) bond motifs is 6. The average molecular weight is 350 g/mol. The van der Waals surface area contributed by atoms with Crippen molar-refractivity contribution < 1.29 is 9.47 Å². The van der Waals surface area contributed by atoms with Gasteiger partial charge in [-0.3, -0.25) is 0 Å². The summed E-state index contributed by atoms with van der Waals surface area (Å²) in [6.45, 7) is 2.22. The van der Waals surface area contributed by atoms with Crippen molar-refractivity contribution >= 4 is 15.9 Å². The van der Waals surface area contributed by atoms with Crippen molar-refractivity contribution in [3.8, 4) is 11.5 Å². The van der Waals surface area contributed by atoms with E-state index in [9.17, 15) is 0 Å². The van der Waals surface area contributed by atoms with E-state index in [4.69, 9.17) is 9.47 Å². The third-order valence-electron chi connectivity index (χ3n) is 5.93. The van der Waals surface area contributed by atoms with Gasteiger partial charge in [0.25, 0.3) is 0 Å². The lowest BCUT2D eigenvalue weighted by Crippen LogP contribution is -2.23. The molecule has 0 aromatic heterocycles. The van der Waals surface area contributed by atoms with Crippen molar-refractivity contribution in [2.24, 2.45) is 23.7 Å². The van der Waals surface area contributed by atoms with Crippen LogP contribution in [0.25, 0.3) is 0 Å². The highest BCUT2D eigenvalue weighted by Crippen LogP contribution is 2.65. The molecule has 21 heavy (non-hydrogen) atoms. The van der Waals surface area contributed by atoms with Crippen molar-refractivity contribution in [3.63, 3.8) is 0 Å². The topological polar surface area (TPSA) is 30.5 Å². The standard InChI is InChI=1S/C17H20BrNO2/c18-12-5-9(6-13-17(12)21-4-3-20-13)8-19-16-14-10-1-2-11(7-10)15(14)16/h5-6,10-11,14-16,19H,1-4,7-8H2. The predicted octanol–water partition coefficient (Wildman–Crippen LogP) is 3.35. The molecule has 1 heterocycles. The van der Waals surface area contributed by atoms with Crippen LogP contribution in [-0.4, -0.2) is 19.3 Å². The van der Waals surface area contributed by atoms with E-state index in [1.54, 1.807) is 0 Å². The smallest absolute Gasteiger partial charge is 0.175 e. The zero-order valence-electron chi connectivity index (χ0n) is 12.0. The highest BCUT2D eigenvalue weighted by Gasteiger charge is 2.64. The highest BCUT2D eigenvalue weighted by atomic mass is 79.9. The van der Waals surface area contributed by atoms with E-state index in [2.05, 4.69) is 33.4 Å². The maximum Gasteiger partial charge on any atom is 0.175 e. The third-order valence-corrected chi connectivity index (χ3v) is 6.52. The molecule has 3 aliphatic carbocycles. The van der Waals surface area contributed by atoms with E-state index in [0.29, 0.717) is 13.2 Å². The van der Waals surface area contributed by atoms with Crippen LogP contribution in [0.15, 0.2) is 16.6 Å². The van der Waals surface area contributed by atoms with Gasteiger partial charge < -0.3 is 14.8 Å². The molecule has 1 N–H and O–H groups in total. The first kappa shape index (κ1) is 12.8. The van der Waals surface area contributed by atoms with Gasteiger partial charge in [0.15, 0.2) is 11.5 Å². The molecule has 2 bridgehead atoms. The average Bonchev–Trinajstić information content (AvgIpc) is 2.88. The number of benzene rings is 1. The Labute approximate surface area is 133 Å². The monoisotopic (exact) mass is 349 g/mol. The lowest BCUT2D eigenvalue weighted by atomic mass is 10.0. The third kappa shape index (κ3) is 1.95. The van der Waals surface area contributed by atoms with Crippen LogP contribution in [0.1, 0.15) is 24.8 Å². The fraction of sp³-hybridized carbons (Fsp3) is 0.647. The van der Waals surface area contributed by atoms with Gasteiger partial charge in [-0.1, -0.05) is 0 Å². The number of ether oxygens (including phenoxy) is 2. The minimum absolute atomic E-state index is 0.636. The van der Waals surface area contributed by atoms with Gasteiger partial charge in [-0.25, -0.2) is 0 Å². The molecule has 1 aromatic carbocycles. The van der Waals surface area contributed by atoms with Crippen LogP contribution in [0.3, 0.4) is 0 Å². The molecule has 4 aliphatic rings.